The zero-order valence-electron chi connectivity index (χ0n) is 12.2. The summed E-state index contributed by atoms with van der Waals surface area (Å²) in [4.78, 5) is 28.0. The first-order chi connectivity index (χ1) is 11.0. The summed E-state index contributed by atoms with van der Waals surface area (Å²) in [7, 11) is 1.48. The number of nitrogens with one attached hydrogen (secondary N) is 1. The van der Waals surface area contributed by atoms with Crippen molar-refractivity contribution in [3.8, 4) is 0 Å². The predicted octanol–water partition coefficient (Wildman–Crippen LogP) is 0.194. The van der Waals surface area contributed by atoms with Crippen molar-refractivity contribution < 1.29 is 15.0 Å². The first kappa shape index (κ1) is 16.4. The lowest BCUT2D eigenvalue weighted by Crippen LogP contribution is -2.15. The Labute approximate surface area is 129 Å². The lowest BCUT2D eigenvalue weighted by Gasteiger charge is -2.02. The SMILES string of the molecule is CNn1c([N+](=O)[O-])nc(CCCn2ccnc2[N+](=O)[O-])c1CO. The van der Waals surface area contributed by atoms with Crippen molar-refractivity contribution in [1.29, 1.82) is 0 Å². The second-order valence-electron chi connectivity index (χ2n) is 4.56. The molecule has 0 saturated carbocycles. The Bertz CT molecular complexity index is 722. The number of aromatic nitrogens is 4. The number of hydrogen-bond acceptors (Lipinski definition) is 8. The molecule has 0 unspecified atom stereocenters. The van der Waals surface area contributed by atoms with Crippen molar-refractivity contribution in [2.75, 3.05) is 12.5 Å². The summed E-state index contributed by atoms with van der Waals surface area (Å²) in [6.07, 6.45) is 3.58. The average Bonchev–Trinajstić information content (AvgIpc) is 3.11. The van der Waals surface area contributed by atoms with E-state index >= 15 is 0 Å². The minimum absolute atomic E-state index is 0.265. The molecule has 0 aliphatic carbocycles. The third-order valence-electron chi connectivity index (χ3n) is 3.24. The van der Waals surface area contributed by atoms with Gasteiger partial charge in [0.25, 0.3) is 0 Å². The molecule has 12 heteroatoms. The Balaban J connectivity index is 2.13. The summed E-state index contributed by atoms with van der Waals surface area (Å²) in [6.45, 7) is -0.108. The van der Waals surface area contributed by atoms with Crippen LogP contribution in [0.1, 0.15) is 17.8 Å². The molecule has 2 heterocycles. The molecule has 0 bridgehead atoms. The molecule has 0 spiro atoms. The number of aliphatic hydroxyl groups is 1. The van der Waals surface area contributed by atoms with E-state index in [-0.39, 0.29) is 5.95 Å². The van der Waals surface area contributed by atoms with Crippen molar-refractivity contribution in [3.05, 3.63) is 44.0 Å². The molecule has 0 aromatic carbocycles. The van der Waals surface area contributed by atoms with E-state index < -0.39 is 22.4 Å². The molecule has 0 fully saturated rings. The lowest BCUT2D eigenvalue weighted by molar-refractivity contribution is -0.396. The van der Waals surface area contributed by atoms with Gasteiger partial charge in [0.05, 0.1) is 6.54 Å². The molecule has 2 N–H and O–H groups in total. The molecular weight excluding hydrogens is 310 g/mol. The van der Waals surface area contributed by atoms with Crippen LogP contribution in [0.3, 0.4) is 0 Å². The predicted molar refractivity (Wildman–Crippen MR) is 77.3 cm³/mol. The molecule has 2 aromatic rings. The quantitative estimate of drug-likeness (QED) is 0.515. The fourth-order valence-corrected chi connectivity index (χ4v) is 2.27. The van der Waals surface area contributed by atoms with Crippen molar-refractivity contribution in [2.45, 2.75) is 26.0 Å². The van der Waals surface area contributed by atoms with Gasteiger partial charge in [0, 0.05) is 13.5 Å². The van der Waals surface area contributed by atoms with Crippen LogP contribution in [0.15, 0.2) is 12.4 Å². The number of hydrogen-bond donors (Lipinski definition) is 2. The minimum Gasteiger partial charge on any atom is -0.390 e. The Hall–Kier alpha value is -3.02. The number of nitro groups is 2. The summed E-state index contributed by atoms with van der Waals surface area (Å²) in [5.41, 5.74) is 3.26. The van der Waals surface area contributed by atoms with Gasteiger partial charge in [-0.1, -0.05) is 9.97 Å². The number of aryl methyl sites for hydroxylation is 2. The minimum atomic E-state index is -0.653. The third kappa shape index (κ3) is 3.26. The standard InChI is InChI=1S/C11H15N7O5/c1-12-16-9(7-19)8(14-11(16)18(22)23)3-2-5-15-6-4-13-10(15)17(20)21/h4,6,12,19H,2-3,5,7H2,1H3. The van der Waals surface area contributed by atoms with Gasteiger partial charge in [0.2, 0.25) is 0 Å². The average molecular weight is 325 g/mol. The highest BCUT2D eigenvalue weighted by Crippen LogP contribution is 2.19. The van der Waals surface area contributed by atoms with Crippen molar-refractivity contribution in [3.63, 3.8) is 0 Å². The van der Waals surface area contributed by atoms with Crippen LogP contribution in [0.4, 0.5) is 11.9 Å². The van der Waals surface area contributed by atoms with Crippen LogP contribution < -0.4 is 5.43 Å². The van der Waals surface area contributed by atoms with Crippen LogP contribution in [0, 0.1) is 20.2 Å². The highest BCUT2D eigenvalue weighted by molar-refractivity contribution is 5.25. The molecule has 124 valence electrons. The van der Waals surface area contributed by atoms with E-state index in [2.05, 4.69) is 15.4 Å². The fourth-order valence-electron chi connectivity index (χ4n) is 2.27. The zero-order valence-corrected chi connectivity index (χ0v) is 12.2. The summed E-state index contributed by atoms with van der Waals surface area (Å²) in [6, 6.07) is 0. The molecule has 23 heavy (non-hydrogen) atoms. The zero-order chi connectivity index (χ0) is 17.0. The molecule has 12 nitrogen and oxygen atoms in total. The fraction of sp³-hybridized carbons (Fsp3) is 0.455. The maximum absolute atomic E-state index is 11.0. The van der Waals surface area contributed by atoms with Crippen LogP contribution in [-0.4, -0.2) is 41.2 Å². The largest absolute Gasteiger partial charge is 0.457 e. The molecule has 0 saturated heterocycles. The highest BCUT2D eigenvalue weighted by Gasteiger charge is 2.26. The second kappa shape index (κ2) is 6.83. The molecule has 0 aliphatic heterocycles. The van der Waals surface area contributed by atoms with Gasteiger partial charge in [-0.3, -0.25) is 5.43 Å². The summed E-state index contributed by atoms with van der Waals surface area (Å²) >= 11 is 0. The Morgan fingerprint density at radius 1 is 1.30 bits per heavy atom. The number of aliphatic hydroxyl groups excluding tert-OH is 1. The molecule has 0 radical (unpaired) electrons. The third-order valence-corrected chi connectivity index (χ3v) is 3.24. The molecule has 0 amide bonds. The van der Waals surface area contributed by atoms with Crippen LogP contribution in [0.5, 0.6) is 0 Å². The monoisotopic (exact) mass is 325 g/mol. The maximum atomic E-state index is 11.0. The lowest BCUT2D eigenvalue weighted by atomic mass is 10.2. The van der Waals surface area contributed by atoms with Gasteiger partial charge in [-0.25, -0.2) is 4.57 Å². The van der Waals surface area contributed by atoms with E-state index in [1.165, 1.54) is 24.0 Å². The molecule has 2 rings (SSSR count). The number of rotatable bonds is 8. The topological polar surface area (TPSA) is 154 Å². The summed E-state index contributed by atoms with van der Waals surface area (Å²) in [5, 5.41) is 31.1. The van der Waals surface area contributed by atoms with E-state index in [4.69, 9.17) is 0 Å². The van der Waals surface area contributed by atoms with E-state index in [1.807, 2.05) is 0 Å². The van der Waals surface area contributed by atoms with Crippen molar-refractivity contribution in [2.24, 2.45) is 0 Å². The molecule has 0 atom stereocenters. The first-order valence-corrected chi connectivity index (χ1v) is 6.68. The maximum Gasteiger partial charge on any atom is 0.457 e. The van der Waals surface area contributed by atoms with Crippen molar-refractivity contribution in [1.82, 2.24) is 19.2 Å². The normalized spacial score (nSPS) is 10.7. The van der Waals surface area contributed by atoms with E-state index in [1.54, 1.807) is 0 Å². The number of imidazole rings is 2. The van der Waals surface area contributed by atoms with Gasteiger partial charge < -0.3 is 25.3 Å². The van der Waals surface area contributed by atoms with Crippen molar-refractivity contribution >= 4 is 11.9 Å². The van der Waals surface area contributed by atoms with Gasteiger partial charge >= 0.3 is 11.9 Å². The van der Waals surface area contributed by atoms with Crippen LogP contribution in [0.25, 0.3) is 0 Å². The number of nitrogens with zero attached hydrogens (tertiary/aromatic N) is 6. The highest BCUT2D eigenvalue weighted by atomic mass is 16.6. The van der Waals surface area contributed by atoms with Crippen LogP contribution >= 0.6 is 0 Å². The van der Waals surface area contributed by atoms with Gasteiger partial charge in [-0.2, -0.15) is 0 Å². The molecule has 0 aliphatic rings. The van der Waals surface area contributed by atoms with Gasteiger partial charge in [0.1, 0.15) is 19.0 Å². The Morgan fingerprint density at radius 3 is 2.57 bits per heavy atom. The van der Waals surface area contributed by atoms with Gasteiger partial charge in [0.15, 0.2) is 11.4 Å². The smallest absolute Gasteiger partial charge is 0.390 e. The van der Waals surface area contributed by atoms with E-state index in [9.17, 15) is 25.3 Å². The van der Waals surface area contributed by atoms with Crippen LogP contribution in [0.2, 0.25) is 0 Å². The van der Waals surface area contributed by atoms with E-state index in [0.29, 0.717) is 30.8 Å². The van der Waals surface area contributed by atoms with Gasteiger partial charge in [-0.05, 0) is 16.3 Å². The Morgan fingerprint density at radius 2 is 2.00 bits per heavy atom. The first-order valence-electron chi connectivity index (χ1n) is 6.68. The van der Waals surface area contributed by atoms with Crippen LogP contribution in [-0.2, 0) is 19.6 Å². The Kier molecular flexibility index (Phi) is 4.85. The van der Waals surface area contributed by atoms with Gasteiger partial charge in [-0.15, -0.1) is 4.68 Å². The summed E-state index contributed by atoms with van der Waals surface area (Å²) in [5.74, 6) is -0.681. The van der Waals surface area contributed by atoms with E-state index in [0.717, 1.165) is 4.68 Å². The molecule has 2 aromatic heterocycles. The summed E-state index contributed by atoms with van der Waals surface area (Å²) < 4.78 is 2.48. The second-order valence-corrected chi connectivity index (χ2v) is 4.56. The molecular formula is C11H15N7O5.